The van der Waals surface area contributed by atoms with Gasteiger partial charge in [0.2, 0.25) is 0 Å². The molecule has 1 aliphatic rings. The van der Waals surface area contributed by atoms with Gasteiger partial charge < -0.3 is 10.2 Å². The molecule has 1 atom stereocenters. The highest BCUT2D eigenvalue weighted by Gasteiger charge is 2.19. The Balaban J connectivity index is 1.87. The molecule has 2 rings (SSSR count). The second kappa shape index (κ2) is 7.18. The van der Waals surface area contributed by atoms with Crippen molar-refractivity contribution in [3.05, 3.63) is 34.9 Å². The van der Waals surface area contributed by atoms with Gasteiger partial charge in [-0.25, -0.2) is 0 Å². The molecule has 4 heteroatoms. The first-order valence-corrected chi connectivity index (χ1v) is 7.40. The summed E-state index contributed by atoms with van der Waals surface area (Å²) in [5.74, 6) is 0. The van der Waals surface area contributed by atoms with Gasteiger partial charge in [0.15, 0.2) is 0 Å². The average molecular weight is 278 g/mol. The van der Waals surface area contributed by atoms with Crippen LogP contribution in [0, 0.1) is 13.8 Å². The predicted molar refractivity (Wildman–Crippen MR) is 80.8 cm³/mol. The Bertz CT molecular complexity index is 408. The lowest BCUT2D eigenvalue weighted by Gasteiger charge is -2.35. The molecule has 4 nitrogen and oxygen atoms in total. The topological polar surface area (TPSA) is 46.9 Å². The Morgan fingerprint density at radius 3 is 2.10 bits per heavy atom. The number of benzene rings is 1. The maximum absolute atomic E-state index is 10.4. The zero-order valence-electron chi connectivity index (χ0n) is 12.5. The molecule has 1 unspecified atom stereocenters. The van der Waals surface area contributed by atoms with Crippen molar-refractivity contribution in [1.82, 2.24) is 9.80 Å². The van der Waals surface area contributed by atoms with Gasteiger partial charge in [0, 0.05) is 39.3 Å². The Morgan fingerprint density at radius 1 is 1.00 bits per heavy atom. The van der Waals surface area contributed by atoms with Crippen LogP contribution in [0.5, 0.6) is 0 Å². The van der Waals surface area contributed by atoms with Crippen molar-refractivity contribution in [2.24, 2.45) is 0 Å². The van der Waals surface area contributed by atoms with Gasteiger partial charge in [0.1, 0.15) is 0 Å². The van der Waals surface area contributed by atoms with Crippen LogP contribution in [-0.4, -0.2) is 65.9 Å². The lowest BCUT2D eigenvalue weighted by atomic mass is 10.0. The molecule has 1 saturated heterocycles. The van der Waals surface area contributed by atoms with Crippen molar-refractivity contribution >= 4 is 0 Å². The van der Waals surface area contributed by atoms with Gasteiger partial charge in [-0.05, 0) is 19.4 Å². The van der Waals surface area contributed by atoms with Crippen molar-refractivity contribution < 1.29 is 10.2 Å². The lowest BCUT2D eigenvalue weighted by Crippen LogP contribution is -2.48. The van der Waals surface area contributed by atoms with Crippen LogP contribution in [0.2, 0.25) is 0 Å². The molecule has 0 saturated carbocycles. The molecular weight excluding hydrogens is 252 g/mol. The fourth-order valence-corrected chi connectivity index (χ4v) is 2.89. The van der Waals surface area contributed by atoms with Crippen LogP contribution < -0.4 is 0 Å². The molecule has 0 spiro atoms. The fraction of sp³-hybridized carbons (Fsp3) is 0.625. The quantitative estimate of drug-likeness (QED) is 0.842. The zero-order chi connectivity index (χ0) is 14.5. The van der Waals surface area contributed by atoms with Crippen LogP contribution in [0.3, 0.4) is 0 Å². The molecule has 1 aliphatic heterocycles. The highest BCUT2D eigenvalue weighted by molar-refractivity contribution is 5.30. The molecule has 1 aromatic rings. The second-order valence-electron chi connectivity index (χ2n) is 5.80. The zero-order valence-corrected chi connectivity index (χ0v) is 12.5. The number of aliphatic hydroxyl groups excluding tert-OH is 2. The standard InChI is InChI=1S/C16H26N2O2/c1-13-9-14(2)11-15(10-13)16(20)12-18-5-3-17(4-6-18)7-8-19/h9-11,16,19-20H,3-8,12H2,1-2H3. The second-order valence-corrected chi connectivity index (χ2v) is 5.80. The molecule has 0 aliphatic carbocycles. The molecule has 1 heterocycles. The average Bonchev–Trinajstić information content (AvgIpc) is 2.40. The maximum atomic E-state index is 10.4. The third-order valence-electron chi connectivity index (χ3n) is 3.94. The highest BCUT2D eigenvalue weighted by atomic mass is 16.3. The molecule has 0 radical (unpaired) electrons. The van der Waals surface area contributed by atoms with E-state index in [1.165, 1.54) is 11.1 Å². The maximum Gasteiger partial charge on any atom is 0.0917 e. The fourth-order valence-electron chi connectivity index (χ4n) is 2.89. The van der Waals surface area contributed by atoms with Crippen LogP contribution in [0.1, 0.15) is 22.8 Å². The number of hydrogen-bond acceptors (Lipinski definition) is 4. The molecule has 0 aromatic heterocycles. The summed E-state index contributed by atoms with van der Waals surface area (Å²) < 4.78 is 0. The molecule has 1 fully saturated rings. The first-order valence-electron chi connectivity index (χ1n) is 7.40. The van der Waals surface area contributed by atoms with Crippen molar-refractivity contribution in [2.45, 2.75) is 20.0 Å². The largest absolute Gasteiger partial charge is 0.395 e. The minimum absolute atomic E-state index is 0.227. The number of hydrogen-bond donors (Lipinski definition) is 2. The van der Waals surface area contributed by atoms with Gasteiger partial charge in [-0.2, -0.15) is 0 Å². The monoisotopic (exact) mass is 278 g/mol. The van der Waals surface area contributed by atoms with E-state index in [-0.39, 0.29) is 6.61 Å². The van der Waals surface area contributed by atoms with Crippen LogP contribution in [0.15, 0.2) is 18.2 Å². The summed E-state index contributed by atoms with van der Waals surface area (Å²) in [6, 6.07) is 6.27. The number of piperazine rings is 1. The molecule has 20 heavy (non-hydrogen) atoms. The Hall–Kier alpha value is -0.940. The minimum Gasteiger partial charge on any atom is -0.395 e. The van der Waals surface area contributed by atoms with Gasteiger partial charge in [-0.15, -0.1) is 0 Å². The van der Waals surface area contributed by atoms with Crippen molar-refractivity contribution in [3.63, 3.8) is 0 Å². The number of aliphatic hydroxyl groups is 2. The van der Waals surface area contributed by atoms with E-state index in [0.717, 1.165) is 38.3 Å². The van der Waals surface area contributed by atoms with E-state index in [2.05, 4.69) is 41.8 Å². The Morgan fingerprint density at radius 2 is 1.55 bits per heavy atom. The van der Waals surface area contributed by atoms with Gasteiger partial charge in [0.05, 0.1) is 12.7 Å². The summed E-state index contributed by atoms with van der Waals surface area (Å²) in [7, 11) is 0. The summed E-state index contributed by atoms with van der Waals surface area (Å²) in [6.45, 7) is 9.67. The third kappa shape index (κ3) is 4.28. The smallest absolute Gasteiger partial charge is 0.0917 e. The number of nitrogens with zero attached hydrogens (tertiary/aromatic N) is 2. The third-order valence-corrected chi connectivity index (χ3v) is 3.94. The van der Waals surface area contributed by atoms with Crippen molar-refractivity contribution in [1.29, 1.82) is 0 Å². The molecule has 2 N–H and O–H groups in total. The summed E-state index contributed by atoms with van der Waals surface area (Å²) >= 11 is 0. The summed E-state index contributed by atoms with van der Waals surface area (Å²) in [4.78, 5) is 4.57. The number of β-amino-alcohol motifs (C(OH)–C–C–N with tert-alkyl or cyclic N) is 2. The van der Waals surface area contributed by atoms with Crippen LogP contribution in [0.25, 0.3) is 0 Å². The number of rotatable bonds is 5. The highest BCUT2D eigenvalue weighted by Crippen LogP contribution is 2.18. The summed E-state index contributed by atoms with van der Waals surface area (Å²) in [5, 5.41) is 19.3. The minimum atomic E-state index is -0.419. The molecule has 112 valence electrons. The first kappa shape index (κ1) is 15.4. The van der Waals surface area contributed by atoms with Crippen LogP contribution in [-0.2, 0) is 0 Å². The van der Waals surface area contributed by atoms with E-state index in [0.29, 0.717) is 6.54 Å². The predicted octanol–water partition coefficient (Wildman–Crippen LogP) is 0.947. The van der Waals surface area contributed by atoms with E-state index in [9.17, 15) is 5.11 Å². The van der Waals surface area contributed by atoms with E-state index in [1.807, 2.05) is 0 Å². The Labute approximate surface area is 121 Å². The normalized spacial score (nSPS) is 19.2. The lowest BCUT2D eigenvalue weighted by molar-refractivity contribution is 0.0660. The van der Waals surface area contributed by atoms with Crippen molar-refractivity contribution in [2.75, 3.05) is 45.9 Å². The van der Waals surface area contributed by atoms with Gasteiger partial charge in [0.25, 0.3) is 0 Å². The van der Waals surface area contributed by atoms with Gasteiger partial charge >= 0.3 is 0 Å². The van der Waals surface area contributed by atoms with E-state index < -0.39 is 6.10 Å². The van der Waals surface area contributed by atoms with E-state index in [4.69, 9.17) is 5.11 Å². The van der Waals surface area contributed by atoms with Crippen molar-refractivity contribution in [3.8, 4) is 0 Å². The van der Waals surface area contributed by atoms with Gasteiger partial charge in [-0.1, -0.05) is 29.3 Å². The molecule has 1 aromatic carbocycles. The van der Waals surface area contributed by atoms with E-state index >= 15 is 0 Å². The van der Waals surface area contributed by atoms with Gasteiger partial charge in [-0.3, -0.25) is 9.80 Å². The Kier molecular flexibility index (Phi) is 5.54. The number of aryl methyl sites for hydroxylation is 2. The molecular formula is C16H26N2O2. The van der Waals surface area contributed by atoms with E-state index in [1.54, 1.807) is 0 Å². The SMILES string of the molecule is Cc1cc(C)cc(C(O)CN2CCN(CCO)CC2)c1. The van der Waals surface area contributed by atoms with Crippen LogP contribution in [0.4, 0.5) is 0 Å². The molecule has 0 amide bonds. The summed E-state index contributed by atoms with van der Waals surface area (Å²) in [5.41, 5.74) is 3.42. The first-order chi connectivity index (χ1) is 9.58. The van der Waals surface area contributed by atoms with Crippen LogP contribution >= 0.6 is 0 Å². The summed E-state index contributed by atoms with van der Waals surface area (Å²) in [6.07, 6.45) is -0.419. The molecule has 0 bridgehead atoms.